The first-order chi connectivity index (χ1) is 14.2. The molecule has 30 heavy (non-hydrogen) atoms. The van der Waals surface area contributed by atoms with Gasteiger partial charge in [-0.25, -0.2) is 4.79 Å². The Labute approximate surface area is 183 Å². The number of piperidine rings is 1. The number of amides is 2. The lowest BCUT2D eigenvalue weighted by Crippen LogP contribution is -2.41. The van der Waals surface area contributed by atoms with Crippen LogP contribution in [0.1, 0.15) is 43.4 Å². The summed E-state index contributed by atoms with van der Waals surface area (Å²) in [4.78, 5) is 14.3. The lowest BCUT2D eigenvalue weighted by molar-refractivity contribution is -0.0139. The molecule has 0 aromatic heterocycles. The van der Waals surface area contributed by atoms with Gasteiger partial charge < -0.3 is 20.6 Å². The van der Waals surface area contributed by atoms with E-state index in [1.54, 1.807) is 0 Å². The Kier molecular flexibility index (Phi) is 6.74. The number of aryl methyl sites for hydroxylation is 1. The number of hydrogen-bond acceptors (Lipinski definition) is 3. The van der Waals surface area contributed by atoms with E-state index in [2.05, 4.69) is 22.1 Å². The molecule has 1 aliphatic heterocycles. The Hall–Kier alpha value is -2.50. The molecule has 1 saturated heterocycles. The van der Waals surface area contributed by atoms with Crippen LogP contribution in [0.25, 0.3) is 5.70 Å². The molecule has 2 aromatic rings. The Morgan fingerprint density at radius 1 is 1.17 bits per heavy atom. The maximum absolute atomic E-state index is 12.1. The third-order valence-electron chi connectivity index (χ3n) is 5.59. The maximum atomic E-state index is 12.1. The predicted octanol–water partition coefficient (Wildman–Crippen LogP) is 5.13. The summed E-state index contributed by atoms with van der Waals surface area (Å²) < 4.78 is 0. The van der Waals surface area contributed by atoms with Crippen LogP contribution in [0.3, 0.4) is 0 Å². The molecule has 2 amide bonds. The molecular formula is C24H30ClN3O2. The fourth-order valence-electron chi connectivity index (χ4n) is 3.73. The topological polar surface area (TPSA) is 64.6 Å². The number of halogens is 1. The van der Waals surface area contributed by atoms with Gasteiger partial charge in [0.2, 0.25) is 0 Å². The monoisotopic (exact) mass is 427 g/mol. The van der Waals surface area contributed by atoms with Crippen molar-refractivity contribution in [1.82, 2.24) is 10.2 Å². The van der Waals surface area contributed by atoms with Gasteiger partial charge in [-0.2, -0.15) is 0 Å². The van der Waals surface area contributed by atoms with Crippen LogP contribution in [-0.2, 0) is 5.60 Å². The van der Waals surface area contributed by atoms with Crippen LogP contribution in [0.15, 0.2) is 49.0 Å². The van der Waals surface area contributed by atoms with Crippen molar-refractivity contribution in [3.8, 4) is 0 Å². The van der Waals surface area contributed by atoms with Gasteiger partial charge >= 0.3 is 6.03 Å². The molecular weight excluding hydrogens is 398 g/mol. The molecule has 2 aromatic carbocycles. The molecule has 6 heteroatoms. The van der Waals surface area contributed by atoms with E-state index in [4.69, 9.17) is 11.6 Å². The second-order valence-corrected chi connectivity index (χ2v) is 8.69. The zero-order chi connectivity index (χ0) is 21.9. The molecule has 0 bridgehead atoms. The average Bonchev–Trinajstić information content (AvgIpc) is 2.69. The number of nitrogens with zero attached hydrogens (tertiary/aromatic N) is 1. The summed E-state index contributed by atoms with van der Waals surface area (Å²) in [6.07, 6.45) is 1.23. The lowest BCUT2D eigenvalue weighted by atomic mass is 9.84. The molecule has 1 fully saturated rings. The molecule has 0 spiro atoms. The average molecular weight is 428 g/mol. The molecule has 0 saturated carbocycles. The predicted molar refractivity (Wildman–Crippen MR) is 124 cm³/mol. The SMILES string of the molecule is C=C(c1ccc(C)c(NC(=O)NC(C)C)c1)N1CCC(O)(c2ccc(Cl)cc2)CC1. The van der Waals surface area contributed by atoms with E-state index in [1.165, 1.54) is 0 Å². The lowest BCUT2D eigenvalue weighted by Gasteiger charge is -2.40. The van der Waals surface area contributed by atoms with Crippen molar-refractivity contribution in [3.05, 3.63) is 70.8 Å². The Bertz CT molecular complexity index is 917. The minimum Gasteiger partial charge on any atom is -0.385 e. The third-order valence-corrected chi connectivity index (χ3v) is 5.84. The summed E-state index contributed by atoms with van der Waals surface area (Å²) >= 11 is 5.98. The molecule has 3 rings (SSSR count). The van der Waals surface area contributed by atoms with Crippen LogP contribution >= 0.6 is 11.6 Å². The molecule has 3 N–H and O–H groups in total. The Morgan fingerprint density at radius 2 is 1.80 bits per heavy atom. The number of nitrogens with one attached hydrogen (secondary N) is 2. The van der Waals surface area contributed by atoms with E-state index in [0.29, 0.717) is 31.0 Å². The largest absolute Gasteiger partial charge is 0.385 e. The van der Waals surface area contributed by atoms with Gasteiger partial charge in [-0.1, -0.05) is 42.4 Å². The Balaban J connectivity index is 1.68. The van der Waals surface area contributed by atoms with Gasteiger partial charge in [-0.05, 0) is 68.5 Å². The highest BCUT2D eigenvalue weighted by Crippen LogP contribution is 2.36. The number of hydrogen-bond donors (Lipinski definition) is 3. The second kappa shape index (κ2) is 9.11. The molecule has 0 atom stereocenters. The summed E-state index contributed by atoms with van der Waals surface area (Å²) in [7, 11) is 0. The quantitative estimate of drug-likeness (QED) is 0.619. The number of anilines is 1. The van der Waals surface area contributed by atoms with E-state index in [9.17, 15) is 9.90 Å². The van der Waals surface area contributed by atoms with Crippen LogP contribution in [0.2, 0.25) is 5.02 Å². The molecule has 0 unspecified atom stereocenters. The minimum atomic E-state index is -0.851. The number of rotatable bonds is 5. The maximum Gasteiger partial charge on any atom is 0.319 e. The molecule has 1 heterocycles. The van der Waals surface area contributed by atoms with Gasteiger partial charge in [0.1, 0.15) is 0 Å². The van der Waals surface area contributed by atoms with Crippen molar-refractivity contribution in [2.75, 3.05) is 18.4 Å². The van der Waals surface area contributed by atoms with Crippen molar-refractivity contribution in [2.24, 2.45) is 0 Å². The van der Waals surface area contributed by atoms with E-state index < -0.39 is 5.60 Å². The van der Waals surface area contributed by atoms with Gasteiger partial charge in [0, 0.05) is 35.5 Å². The number of likely N-dealkylation sites (tertiary alicyclic amines) is 1. The molecule has 5 nitrogen and oxygen atoms in total. The Morgan fingerprint density at radius 3 is 2.40 bits per heavy atom. The summed E-state index contributed by atoms with van der Waals surface area (Å²) in [5, 5.41) is 17.5. The number of carbonyl (C=O) groups excluding carboxylic acids is 1. The van der Waals surface area contributed by atoms with Gasteiger partial charge in [0.15, 0.2) is 0 Å². The summed E-state index contributed by atoms with van der Waals surface area (Å²) in [6, 6.07) is 13.2. The van der Waals surface area contributed by atoms with Crippen LogP contribution in [0.5, 0.6) is 0 Å². The van der Waals surface area contributed by atoms with E-state index >= 15 is 0 Å². The highest BCUT2D eigenvalue weighted by molar-refractivity contribution is 6.30. The first-order valence-corrected chi connectivity index (χ1v) is 10.7. The van der Waals surface area contributed by atoms with Gasteiger partial charge in [0.05, 0.1) is 5.60 Å². The fourth-order valence-corrected chi connectivity index (χ4v) is 3.86. The van der Waals surface area contributed by atoms with Crippen LogP contribution in [-0.4, -0.2) is 35.2 Å². The number of carbonyl (C=O) groups is 1. The first-order valence-electron chi connectivity index (χ1n) is 10.3. The van der Waals surface area contributed by atoms with E-state index in [-0.39, 0.29) is 12.1 Å². The van der Waals surface area contributed by atoms with Crippen LogP contribution in [0, 0.1) is 6.92 Å². The normalized spacial score (nSPS) is 15.7. The van der Waals surface area contributed by atoms with Crippen molar-refractivity contribution in [1.29, 1.82) is 0 Å². The second-order valence-electron chi connectivity index (χ2n) is 8.26. The number of urea groups is 1. The van der Waals surface area contributed by atoms with Crippen molar-refractivity contribution in [2.45, 2.75) is 45.3 Å². The molecule has 0 aliphatic carbocycles. The number of benzene rings is 2. The fraction of sp³-hybridized carbons (Fsp3) is 0.375. The van der Waals surface area contributed by atoms with Gasteiger partial charge in [0.25, 0.3) is 0 Å². The van der Waals surface area contributed by atoms with Crippen molar-refractivity contribution in [3.63, 3.8) is 0 Å². The van der Waals surface area contributed by atoms with Crippen LogP contribution < -0.4 is 10.6 Å². The van der Waals surface area contributed by atoms with E-state index in [0.717, 1.165) is 28.1 Å². The molecule has 160 valence electrons. The summed E-state index contributed by atoms with van der Waals surface area (Å²) in [5.74, 6) is 0. The van der Waals surface area contributed by atoms with Gasteiger partial charge in [-0.15, -0.1) is 0 Å². The van der Waals surface area contributed by atoms with Gasteiger partial charge in [-0.3, -0.25) is 0 Å². The smallest absolute Gasteiger partial charge is 0.319 e. The van der Waals surface area contributed by atoms with Crippen molar-refractivity contribution < 1.29 is 9.90 Å². The summed E-state index contributed by atoms with van der Waals surface area (Å²) in [5.41, 5.74) is 3.65. The van der Waals surface area contributed by atoms with Crippen molar-refractivity contribution >= 4 is 29.0 Å². The number of aliphatic hydroxyl groups is 1. The minimum absolute atomic E-state index is 0.0659. The standard InChI is InChI=1S/C24H30ClN3O2/c1-16(2)26-23(29)27-22-15-19(6-5-17(22)3)18(4)28-13-11-24(30,12-14-28)20-7-9-21(25)10-8-20/h5-10,15-16,30H,4,11-14H2,1-3H3,(H2,26,27,29). The highest BCUT2D eigenvalue weighted by Gasteiger charge is 2.34. The van der Waals surface area contributed by atoms with E-state index in [1.807, 2.05) is 63.2 Å². The molecule has 0 radical (unpaired) electrons. The highest BCUT2D eigenvalue weighted by atomic mass is 35.5. The molecule has 1 aliphatic rings. The van der Waals surface area contributed by atoms with Crippen LogP contribution in [0.4, 0.5) is 10.5 Å². The summed E-state index contributed by atoms with van der Waals surface area (Å²) in [6.45, 7) is 11.5. The zero-order valence-electron chi connectivity index (χ0n) is 17.8. The first kappa shape index (κ1) is 22.2. The third kappa shape index (κ3) is 5.15. The zero-order valence-corrected chi connectivity index (χ0v) is 18.6.